The normalized spacial score (nSPS) is 14.5. The average molecular weight is 381 g/mol. The Balaban J connectivity index is 1.38. The third-order valence-electron chi connectivity index (χ3n) is 4.83. The summed E-state index contributed by atoms with van der Waals surface area (Å²) in [5.41, 5.74) is 1.88. The molecule has 7 nitrogen and oxygen atoms in total. The van der Waals surface area contributed by atoms with E-state index < -0.39 is 0 Å². The molecule has 1 saturated heterocycles. The molecule has 2 amide bonds. The summed E-state index contributed by atoms with van der Waals surface area (Å²) in [6.07, 6.45) is 2.63. The van der Waals surface area contributed by atoms with E-state index >= 15 is 0 Å². The summed E-state index contributed by atoms with van der Waals surface area (Å²) in [6.45, 7) is 5.57. The predicted molar refractivity (Wildman–Crippen MR) is 110 cm³/mol. The summed E-state index contributed by atoms with van der Waals surface area (Å²) < 4.78 is 0. The number of nitrogens with zero attached hydrogens (tertiary/aromatic N) is 3. The van der Waals surface area contributed by atoms with Gasteiger partial charge in [-0.1, -0.05) is 31.2 Å². The summed E-state index contributed by atoms with van der Waals surface area (Å²) in [5, 5.41) is 5.58. The fourth-order valence-electron chi connectivity index (χ4n) is 3.26. The van der Waals surface area contributed by atoms with Gasteiger partial charge in [-0.3, -0.25) is 14.5 Å². The Morgan fingerprint density at radius 3 is 2.46 bits per heavy atom. The zero-order chi connectivity index (χ0) is 19.8. The Hall–Kier alpha value is -2.93. The van der Waals surface area contributed by atoms with Crippen molar-refractivity contribution < 1.29 is 9.59 Å². The van der Waals surface area contributed by atoms with Crippen LogP contribution in [0.2, 0.25) is 0 Å². The van der Waals surface area contributed by atoms with Crippen LogP contribution >= 0.6 is 0 Å². The number of hydrogen-bond donors (Lipinski definition) is 2. The van der Waals surface area contributed by atoms with Crippen molar-refractivity contribution in [2.75, 3.05) is 49.5 Å². The van der Waals surface area contributed by atoms with Crippen LogP contribution in [-0.4, -0.2) is 61.0 Å². The van der Waals surface area contributed by atoms with E-state index in [0.29, 0.717) is 6.54 Å². The smallest absolute Gasteiger partial charge is 0.243 e. The van der Waals surface area contributed by atoms with Crippen LogP contribution in [0, 0.1) is 0 Å². The van der Waals surface area contributed by atoms with Crippen molar-refractivity contribution in [1.29, 1.82) is 0 Å². The molecule has 28 heavy (non-hydrogen) atoms. The molecule has 0 spiro atoms. The number of para-hydroxylation sites is 1. The summed E-state index contributed by atoms with van der Waals surface area (Å²) in [4.78, 5) is 33.0. The molecule has 2 N–H and O–H groups in total. The lowest BCUT2D eigenvalue weighted by molar-refractivity contribution is -0.125. The maximum absolute atomic E-state index is 12.2. The first-order chi connectivity index (χ1) is 13.7. The third-order valence-corrected chi connectivity index (χ3v) is 4.83. The topological polar surface area (TPSA) is 77.6 Å². The second kappa shape index (κ2) is 9.85. The Bertz CT molecular complexity index is 788. The highest BCUT2D eigenvalue weighted by Gasteiger charge is 2.20. The highest BCUT2D eigenvalue weighted by atomic mass is 16.2. The number of nitrogens with one attached hydrogen (secondary N) is 2. The van der Waals surface area contributed by atoms with Crippen molar-refractivity contribution in [3.63, 3.8) is 0 Å². The molecule has 0 unspecified atom stereocenters. The van der Waals surface area contributed by atoms with Crippen molar-refractivity contribution in [2.24, 2.45) is 0 Å². The van der Waals surface area contributed by atoms with Crippen LogP contribution in [0.5, 0.6) is 0 Å². The number of amides is 2. The standard InChI is InChI=1S/C21H27N5O2/c1-2-17-7-3-4-8-18(17)24-20(27)15-23-21(28)16-25-11-13-26(14-12-25)19-9-5-6-10-22-19/h3-10H,2,11-16H2,1H3,(H,23,28)(H,24,27). The van der Waals surface area contributed by atoms with Crippen LogP contribution in [0.4, 0.5) is 11.5 Å². The number of pyridine rings is 1. The molecule has 0 bridgehead atoms. The van der Waals surface area contributed by atoms with Crippen molar-refractivity contribution in [3.05, 3.63) is 54.2 Å². The first kappa shape index (κ1) is 19.8. The van der Waals surface area contributed by atoms with Gasteiger partial charge in [-0.15, -0.1) is 0 Å². The molecule has 0 atom stereocenters. The van der Waals surface area contributed by atoms with Crippen LogP contribution in [-0.2, 0) is 16.0 Å². The van der Waals surface area contributed by atoms with Crippen molar-refractivity contribution in [1.82, 2.24) is 15.2 Å². The second-order valence-electron chi connectivity index (χ2n) is 6.79. The first-order valence-corrected chi connectivity index (χ1v) is 9.68. The molecule has 2 heterocycles. The molecule has 1 aromatic heterocycles. The number of aryl methyl sites for hydroxylation is 1. The molecular formula is C21H27N5O2. The fourth-order valence-corrected chi connectivity index (χ4v) is 3.26. The molecule has 0 aliphatic carbocycles. The van der Waals surface area contributed by atoms with Gasteiger partial charge in [-0.25, -0.2) is 4.98 Å². The second-order valence-corrected chi connectivity index (χ2v) is 6.79. The lowest BCUT2D eigenvalue weighted by Crippen LogP contribution is -2.50. The molecule has 148 valence electrons. The minimum atomic E-state index is -0.214. The van der Waals surface area contributed by atoms with Gasteiger partial charge in [0.05, 0.1) is 13.1 Å². The number of carbonyl (C=O) groups is 2. The van der Waals surface area contributed by atoms with Gasteiger partial charge >= 0.3 is 0 Å². The molecule has 1 aromatic carbocycles. The molecule has 3 rings (SSSR count). The van der Waals surface area contributed by atoms with Gasteiger partial charge in [0, 0.05) is 38.1 Å². The van der Waals surface area contributed by atoms with E-state index in [1.165, 1.54) is 0 Å². The number of carbonyl (C=O) groups excluding carboxylic acids is 2. The van der Waals surface area contributed by atoms with E-state index in [4.69, 9.17) is 0 Å². The Morgan fingerprint density at radius 1 is 1.00 bits per heavy atom. The first-order valence-electron chi connectivity index (χ1n) is 9.68. The quantitative estimate of drug-likeness (QED) is 0.760. The number of piperazine rings is 1. The number of rotatable bonds is 7. The van der Waals surface area contributed by atoms with E-state index in [1.54, 1.807) is 6.20 Å². The van der Waals surface area contributed by atoms with Gasteiger partial charge in [0.25, 0.3) is 0 Å². The molecule has 1 aliphatic heterocycles. The molecule has 2 aromatic rings. The van der Waals surface area contributed by atoms with Crippen molar-refractivity contribution in [3.8, 4) is 0 Å². The number of aromatic nitrogens is 1. The predicted octanol–water partition coefficient (Wildman–Crippen LogP) is 1.52. The van der Waals surface area contributed by atoms with Gasteiger partial charge < -0.3 is 15.5 Å². The van der Waals surface area contributed by atoms with E-state index in [1.807, 2.05) is 49.4 Å². The molecule has 1 aliphatic rings. The van der Waals surface area contributed by atoms with Gasteiger partial charge in [0.1, 0.15) is 5.82 Å². The summed E-state index contributed by atoms with van der Waals surface area (Å²) in [7, 11) is 0. The molecular weight excluding hydrogens is 354 g/mol. The van der Waals surface area contributed by atoms with Crippen LogP contribution in [0.1, 0.15) is 12.5 Å². The SMILES string of the molecule is CCc1ccccc1NC(=O)CNC(=O)CN1CCN(c2ccccn2)CC1. The van der Waals surface area contributed by atoms with Crippen LogP contribution in [0.25, 0.3) is 0 Å². The number of anilines is 2. The molecule has 0 saturated carbocycles. The van der Waals surface area contributed by atoms with Crippen LogP contribution in [0.15, 0.2) is 48.7 Å². The van der Waals surface area contributed by atoms with Gasteiger partial charge in [-0.05, 0) is 30.2 Å². The van der Waals surface area contributed by atoms with Crippen molar-refractivity contribution >= 4 is 23.3 Å². The van der Waals surface area contributed by atoms with Crippen LogP contribution in [0.3, 0.4) is 0 Å². The fraction of sp³-hybridized carbons (Fsp3) is 0.381. The largest absolute Gasteiger partial charge is 0.354 e. The average Bonchev–Trinajstić information content (AvgIpc) is 2.74. The van der Waals surface area contributed by atoms with E-state index in [0.717, 1.165) is 49.7 Å². The lowest BCUT2D eigenvalue weighted by atomic mass is 10.1. The third kappa shape index (κ3) is 5.53. The summed E-state index contributed by atoms with van der Waals surface area (Å²) in [5.74, 6) is 0.620. The van der Waals surface area contributed by atoms with Crippen LogP contribution < -0.4 is 15.5 Å². The lowest BCUT2D eigenvalue weighted by Gasteiger charge is -2.34. The highest BCUT2D eigenvalue weighted by Crippen LogP contribution is 2.15. The van der Waals surface area contributed by atoms with E-state index in [9.17, 15) is 9.59 Å². The maximum Gasteiger partial charge on any atom is 0.243 e. The van der Waals surface area contributed by atoms with E-state index in [-0.39, 0.29) is 18.4 Å². The maximum atomic E-state index is 12.2. The van der Waals surface area contributed by atoms with Gasteiger partial charge in [-0.2, -0.15) is 0 Å². The highest BCUT2D eigenvalue weighted by molar-refractivity contribution is 5.95. The van der Waals surface area contributed by atoms with Gasteiger partial charge in [0.2, 0.25) is 11.8 Å². The van der Waals surface area contributed by atoms with Gasteiger partial charge in [0.15, 0.2) is 0 Å². The van der Waals surface area contributed by atoms with Crippen molar-refractivity contribution in [2.45, 2.75) is 13.3 Å². The minimum Gasteiger partial charge on any atom is -0.354 e. The number of hydrogen-bond acceptors (Lipinski definition) is 5. The Labute approximate surface area is 165 Å². The molecule has 1 fully saturated rings. The Kier molecular flexibility index (Phi) is 6.97. The zero-order valence-corrected chi connectivity index (χ0v) is 16.2. The monoisotopic (exact) mass is 381 g/mol. The molecule has 7 heteroatoms. The Morgan fingerprint density at radius 2 is 1.75 bits per heavy atom. The van der Waals surface area contributed by atoms with E-state index in [2.05, 4.69) is 25.4 Å². The zero-order valence-electron chi connectivity index (χ0n) is 16.2. The summed E-state index contributed by atoms with van der Waals surface area (Å²) in [6, 6.07) is 13.6. The summed E-state index contributed by atoms with van der Waals surface area (Å²) >= 11 is 0. The molecule has 0 radical (unpaired) electrons. The minimum absolute atomic E-state index is 0.0230. The number of benzene rings is 1.